The van der Waals surface area contributed by atoms with Crippen LogP contribution in [0.4, 0.5) is 5.69 Å². The van der Waals surface area contributed by atoms with Crippen molar-refractivity contribution in [3.63, 3.8) is 0 Å². The quantitative estimate of drug-likeness (QED) is 0.687. The third-order valence-corrected chi connectivity index (χ3v) is 4.80. The molecule has 3 nitrogen and oxygen atoms in total. The lowest BCUT2D eigenvalue weighted by Gasteiger charge is -2.31. The molecule has 1 fully saturated rings. The van der Waals surface area contributed by atoms with Crippen LogP contribution in [0.2, 0.25) is 0 Å². The maximum atomic E-state index is 5.46. The van der Waals surface area contributed by atoms with Crippen LogP contribution >= 0.6 is 0 Å². The second-order valence-electron chi connectivity index (χ2n) is 6.32. The van der Waals surface area contributed by atoms with E-state index >= 15 is 0 Å². The van der Waals surface area contributed by atoms with Gasteiger partial charge in [-0.1, -0.05) is 30.3 Å². The first-order chi connectivity index (χ1) is 11.9. The Morgan fingerprint density at radius 1 is 0.958 bits per heavy atom. The minimum atomic E-state index is 0.882. The first kappa shape index (κ1) is 15.0. The largest absolute Gasteiger partial charge is 0.497 e. The molecule has 0 saturated carbocycles. The summed E-state index contributed by atoms with van der Waals surface area (Å²) in [6, 6.07) is 16.7. The fraction of sp³-hybridized carbons (Fsp3) is 0.286. The minimum absolute atomic E-state index is 0.882. The highest BCUT2D eigenvalue weighted by atomic mass is 16.5. The van der Waals surface area contributed by atoms with Crippen molar-refractivity contribution in [2.24, 2.45) is 0 Å². The molecule has 0 bridgehead atoms. The Hall–Kier alpha value is -2.55. The van der Waals surface area contributed by atoms with E-state index in [-0.39, 0.29) is 0 Å². The number of aromatic nitrogens is 1. The summed E-state index contributed by atoms with van der Waals surface area (Å²) in [5.74, 6) is 0.882. The van der Waals surface area contributed by atoms with Crippen LogP contribution in [0.5, 0.6) is 5.75 Å². The number of rotatable bonds is 3. The summed E-state index contributed by atoms with van der Waals surface area (Å²) < 4.78 is 5.46. The monoisotopic (exact) mass is 318 g/mol. The second kappa shape index (κ2) is 6.52. The number of pyridine rings is 1. The van der Waals surface area contributed by atoms with E-state index in [0.29, 0.717) is 0 Å². The van der Waals surface area contributed by atoms with E-state index in [1.807, 2.05) is 12.3 Å². The molecule has 122 valence electrons. The first-order valence-electron chi connectivity index (χ1n) is 8.64. The molecule has 0 atom stereocenters. The third-order valence-electron chi connectivity index (χ3n) is 4.80. The lowest BCUT2D eigenvalue weighted by atomic mass is 9.99. The molecule has 0 amide bonds. The molecule has 2 aromatic carbocycles. The van der Waals surface area contributed by atoms with Crippen molar-refractivity contribution in [1.29, 1.82) is 0 Å². The van der Waals surface area contributed by atoms with E-state index in [0.717, 1.165) is 24.4 Å². The normalized spacial score (nSPS) is 14.8. The molecule has 24 heavy (non-hydrogen) atoms. The highest BCUT2D eigenvalue weighted by molar-refractivity contribution is 6.00. The molecule has 1 aromatic heterocycles. The Bertz CT molecular complexity index is 839. The molecule has 0 aliphatic carbocycles. The number of nitrogens with zero attached hydrogens (tertiary/aromatic N) is 2. The first-order valence-corrected chi connectivity index (χ1v) is 8.64. The maximum Gasteiger partial charge on any atom is 0.119 e. The summed E-state index contributed by atoms with van der Waals surface area (Å²) in [6.07, 6.45) is 5.85. The fourth-order valence-corrected chi connectivity index (χ4v) is 3.57. The Kier molecular flexibility index (Phi) is 4.08. The highest BCUT2D eigenvalue weighted by Gasteiger charge is 2.19. The van der Waals surface area contributed by atoms with Gasteiger partial charge in [-0.2, -0.15) is 0 Å². The van der Waals surface area contributed by atoms with Crippen molar-refractivity contribution in [1.82, 2.24) is 4.98 Å². The van der Waals surface area contributed by atoms with Crippen molar-refractivity contribution in [3.8, 4) is 16.9 Å². The highest BCUT2D eigenvalue weighted by Crippen LogP contribution is 2.38. The van der Waals surface area contributed by atoms with Crippen LogP contribution in [0.15, 0.2) is 54.7 Å². The molecule has 3 aromatic rings. The van der Waals surface area contributed by atoms with Gasteiger partial charge >= 0.3 is 0 Å². The van der Waals surface area contributed by atoms with Crippen LogP contribution in [0.1, 0.15) is 19.3 Å². The Morgan fingerprint density at radius 3 is 2.50 bits per heavy atom. The number of hydrogen-bond acceptors (Lipinski definition) is 3. The number of anilines is 1. The molecule has 0 unspecified atom stereocenters. The molecule has 0 radical (unpaired) electrons. The van der Waals surface area contributed by atoms with Crippen molar-refractivity contribution in [2.75, 3.05) is 25.1 Å². The lowest BCUT2D eigenvalue weighted by molar-refractivity contribution is 0.415. The molecule has 2 heterocycles. The van der Waals surface area contributed by atoms with E-state index < -0.39 is 0 Å². The fourth-order valence-electron chi connectivity index (χ4n) is 3.57. The van der Waals surface area contributed by atoms with Gasteiger partial charge in [0.2, 0.25) is 0 Å². The number of methoxy groups -OCH3 is 1. The Balaban J connectivity index is 1.97. The van der Waals surface area contributed by atoms with Crippen molar-refractivity contribution >= 4 is 16.6 Å². The number of hydrogen-bond donors (Lipinski definition) is 0. The summed E-state index contributed by atoms with van der Waals surface area (Å²) in [4.78, 5) is 7.23. The molecule has 0 N–H and O–H groups in total. The van der Waals surface area contributed by atoms with Crippen LogP contribution in [0, 0.1) is 0 Å². The summed E-state index contributed by atoms with van der Waals surface area (Å²) in [7, 11) is 1.72. The number of ether oxygens (including phenoxy) is 1. The van der Waals surface area contributed by atoms with Crippen LogP contribution in [0.3, 0.4) is 0 Å². The molecule has 0 spiro atoms. The van der Waals surface area contributed by atoms with E-state index in [1.54, 1.807) is 7.11 Å². The van der Waals surface area contributed by atoms with Gasteiger partial charge in [-0.05, 0) is 43.0 Å². The van der Waals surface area contributed by atoms with Gasteiger partial charge in [0, 0.05) is 30.2 Å². The molecule has 1 saturated heterocycles. The maximum absolute atomic E-state index is 5.46. The van der Waals surface area contributed by atoms with Gasteiger partial charge in [0.15, 0.2) is 0 Å². The zero-order chi connectivity index (χ0) is 16.4. The van der Waals surface area contributed by atoms with Gasteiger partial charge in [-0.15, -0.1) is 0 Å². The zero-order valence-electron chi connectivity index (χ0n) is 14.0. The van der Waals surface area contributed by atoms with Crippen molar-refractivity contribution < 1.29 is 4.74 Å². The van der Waals surface area contributed by atoms with E-state index in [2.05, 4.69) is 47.4 Å². The third kappa shape index (κ3) is 2.71. The SMILES string of the molecule is COc1ccc2ncc(-c3ccccc3)c(N3CCCCC3)c2c1. The summed E-state index contributed by atoms with van der Waals surface area (Å²) >= 11 is 0. The van der Waals surface area contributed by atoms with Gasteiger partial charge in [0.25, 0.3) is 0 Å². The predicted octanol–water partition coefficient (Wildman–Crippen LogP) is 4.90. The molecule has 1 aliphatic heterocycles. The van der Waals surface area contributed by atoms with Crippen LogP contribution in [-0.4, -0.2) is 25.2 Å². The minimum Gasteiger partial charge on any atom is -0.497 e. The van der Waals surface area contributed by atoms with Gasteiger partial charge in [0.05, 0.1) is 18.3 Å². The molecule has 4 rings (SSSR count). The van der Waals surface area contributed by atoms with Crippen LogP contribution in [0.25, 0.3) is 22.0 Å². The van der Waals surface area contributed by atoms with Gasteiger partial charge in [-0.3, -0.25) is 4.98 Å². The number of fused-ring (bicyclic) bond motifs is 1. The Labute approximate surface area is 142 Å². The predicted molar refractivity (Wildman–Crippen MR) is 99.8 cm³/mol. The number of benzene rings is 2. The van der Waals surface area contributed by atoms with Crippen LogP contribution in [-0.2, 0) is 0 Å². The standard InChI is InChI=1S/C21H22N2O/c1-24-17-10-11-20-18(14-17)21(23-12-6-3-7-13-23)19(15-22-20)16-8-4-2-5-9-16/h2,4-5,8-11,14-15H,3,6-7,12-13H2,1H3. The van der Waals surface area contributed by atoms with E-state index in [1.165, 1.54) is 41.5 Å². The average molecular weight is 318 g/mol. The van der Waals surface area contributed by atoms with E-state index in [4.69, 9.17) is 9.72 Å². The molecule has 1 aliphatic rings. The average Bonchev–Trinajstić information content (AvgIpc) is 2.68. The van der Waals surface area contributed by atoms with E-state index in [9.17, 15) is 0 Å². The molecular formula is C21H22N2O. The lowest BCUT2D eigenvalue weighted by Crippen LogP contribution is -2.30. The van der Waals surface area contributed by atoms with Gasteiger partial charge in [-0.25, -0.2) is 0 Å². The zero-order valence-corrected chi connectivity index (χ0v) is 14.0. The smallest absolute Gasteiger partial charge is 0.119 e. The number of piperidine rings is 1. The van der Waals surface area contributed by atoms with Crippen molar-refractivity contribution in [3.05, 3.63) is 54.7 Å². The summed E-state index contributed by atoms with van der Waals surface area (Å²) in [5, 5.41) is 1.18. The summed E-state index contributed by atoms with van der Waals surface area (Å²) in [5.41, 5.74) is 4.74. The van der Waals surface area contributed by atoms with Gasteiger partial charge in [0.1, 0.15) is 5.75 Å². The molecular weight excluding hydrogens is 296 g/mol. The van der Waals surface area contributed by atoms with Crippen LogP contribution < -0.4 is 9.64 Å². The molecule has 3 heteroatoms. The topological polar surface area (TPSA) is 25.4 Å². The summed E-state index contributed by atoms with van der Waals surface area (Å²) in [6.45, 7) is 2.21. The second-order valence-corrected chi connectivity index (χ2v) is 6.32. The van der Waals surface area contributed by atoms with Crippen molar-refractivity contribution in [2.45, 2.75) is 19.3 Å². The Morgan fingerprint density at radius 2 is 1.75 bits per heavy atom. The van der Waals surface area contributed by atoms with Gasteiger partial charge < -0.3 is 9.64 Å².